The van der Waals surface area contributed by atoms with Crippen LogP contribution in [0.5, 0.6) is 5.75 Å². The molecule has 14 heteroatoms. The fourth-order valence-corrected chi connectivity index (χ4v) is 6.05. The van der Waals surface area contributed by atoms with Gasteiger partial charge in [0.1, 0.15) is 18.4 Å². The first-order valence-corrected chi connectivity index (χ1v) is 15.0. The normalized spacial score (nSPS) is 15.9. The van der Waals surface area contributed by atoms with Gasteiger partial charge >= 0.3 is 12.1 Å². The number of pyridine rings is 1. The highest BCUT2D eigenvalue weighted by Gasteiger charge is 2.38. The first-order chi connectivity index (χ1) is 20.5. The van der Waals surface area contributed by atoms with Crippen LogP contribution in [0.1, 0.15) is 16.8 Å². The molecule has 0 spiro atoms. The maximum Gasteiger partial charge on any atom is 0.435 e. The summed E-state index contributed by atoms with van der Waals surface area (Å²) in [5, 5.41) is 13.4. The lowest BCUT2D eigenvalue weighted by molar-refractivity contribution is -0.144. The van der Waals surface area contributed by atoms with Crippen molar-refractivity contribution in [2.75, 3.05) is 32.7 Å². The minimum atomic E-state index is -4.68. The summed E-state index contributed by atoms with van der Waals surface area (Å²) >= 11 is 0. The number of benzene rings is 2. The van der Waals surface area contributed by atoms with Gasteiger partial charge in [-0.05, 0) is 42.0 Å². The molecule has 1 aliphatic rings. The van der Waals surface area contributed by atoms with Crippen LogP contribution in [-0.2, 0) is 34.1 Å². The summed E-state index contributed by atoms with van der Waals surface area (Å²) in [6.07, 6.45) is -3.28. The zero-order chi connectivity index (χ0) is 30.6. The number of ether oxygens (including phenoxy) is 1. The summed E-state index contributed by atoms with van der Waals surface area (Å²) in [5.74, 6) is -0.979. The van der Waals surface area contributed by atoms with Gasteiger partial charge in [0.2, 0.25) is 10.0 Å². The largest absolute Gasteiger partial charge is 0.489 e. The summed E-state index contributed by atoms with van der Waals surface area (Å²) in [6.45, 7) is 2.22. The van der Waals surface area contributed by atoms with E-state index in [2.05, 4.69) is 14.7 Å². The predicted molar refractivity (Wildman–Crippen MR) is 151 cm³/mol. The molecule has 5 rings (SSSR count). The number of hydrogen-bond acceptors (Lipinski definition) is 7. The average Bonchev–Trinajstić information content (AvgIpc) is 3.37. The summed E-state index contributed by atoms with van der Waals surface area (Å²) in [7, 11) is -4.08. The zero-order valence-electron chi connectivity index (χ0n) is 22.9. The number of carbonyl (C=O) groups is 1. The van der Waals surface area contributed by atoms with Crippen molar-refractivity contribution in [3.63, 3.8) is 0 Å². The molecule has 0 aliphatic carbocycles. The summed E-state index contributed by atoms with van der Waals surface area (Å²) in [5.41, 5.74) is 0.194. The van der Waals surface area contributed by atoms with E-state index in [0.29, 0.717) is 26.2 Å². The van der Waals surface area contributed by atoms with Gasteiger partial charge < -0.3 is 9.84 Å². The number of nitrogens with one attached hydrogen (secondary N) is 1. The molecule has 10 nitrogen and oxygen atoms in total. The molecular formula is C29H30F3N5O5S. The van der Waals surface area contributed by atoms with Gasteiger partial charge in [-0.1, -0.05) is 36.4 Å². The van der Waals surface area contributed by atoms with Crippen LogP contribution >= 0.6 is 0 Å². The fourth-order valence-electron chi connectivity index (χ4n) is 5.01. The molecule has 0 unspecified atom stereocenters. The number of aliphatic carboxylic acids is 1. The van der Waals surface area contributed by atoms with Crippen molar-refractivity contribution in [3.05, 3.63) is 95.8 Å². The van der Waals surface area contributed by atoms with Crippen LogP contribution < -0.4 is 9.46 Å². The van der Waals surface area contributed by atoms with Crippen molar-refractivity contribution >= 4 is 21.5 Å². The number of nitrogens with zero attached hydrogens (tertiary/aromatic N) is 4. The number of carboxylic acids is 1. The topological polar surface area (TPSA) is 116 Å². The Morgan fingerprint density at radius 3 is 2.30 bits per heavy atom. The highest BCUT2D eigenvalue weighted by atomic mass is 32.2. The fraction of sp³-hybridized carbons (Fsp3) is 0.310. The van der Waals surface area contributed by atoms with E-state index in [-0.39, 0.29) is 28.3 Å². The van der Waals surface area contributed by atoms with Crippen molar-refractivity contribution < 1.29 is 36.2 Å². The van der Waals surface area contributed by atoms with Crippen LogP contribution in [-0.4, -0.2) is 77.7 Å². The third kappa shape index (κ3) is 7.33. The molecule has 0 radical (unpaired) electrons. The number of piperazine rings is 1. The number of hydrogen-bond donors (Lipinski definition) is 2. The molecule has 1 saturated heterocycles. The minimum Gasteiger partial charge on any atom is -0.489 e. The van der Waals surface area contributed by atoms with E-state index in [0.717, 1.165) is 16.6 Å². The first-order valence-electron chi connectivity index (χ1n) is 13.5. The van der Waals surface area contributed by atoms with Crippen molar-refractivity contribution in [1.82, 2.24) is 24.1 Å². The maximum absolute atomic E-state index is 13.5. The van der Waals surface area contributed by atoms with Gasteiger partial charge in [-0.25, -0.2) is 17.7 Å². The van der Waals surface area contributed by atoms with Crippen molar-refractivity contribution in [1.29, 1.82) is 0 Å². The van der Waals surface area contributed by atoms with E-state index in [1.807, 2.05) is 30.3 Å². The molecule has 1 aliphatic heterocycles. The van der Waals surface area contributed by atoms with Gasteiger partial charge in [0.05, 0.1) is 10.4 Å². The first kappa shape index (κ1) is 30.5. The highest BCUT2D eigenvalue weighted by Crippen LogP contribution is 2.33. The van der Waals surface area contributed by atoms with Crippen molar-refractivity contribution in [3.8, 4) is 5.75 Å². The molecule has 2 N–H and O–H groups in total. The summed E-state index contributed by atoms with van der Waals surface area (Å²) < 4.78 is 75.6. The smallest absolute Gasteiger partial charge is 0.435 e. The van der Waals surface area contributed by atoms with E-state index >= 15 is 0 Å². The third-order valence-electron chi connectivity index (χ3n) is 7.28. The Labute approximate surface area is 246 Å². The van der Waals surface area contributed by atoms with Crippen LogP contribution in [0.2, 0.25) is 0 Å². The standard InChI is InChI=1S/C29H30F3N5O5S/c30-29(31,32)27-24(25-8-4-5-13-37(25)34-27)20-42-22-9-11-23(12-10-22)43(40,41)33-18-26(28(38)39)36-16-14-35(15-17-36)19-21-6-2-1-3-7-21/h1-13,26,33H,14-20H2,(H,38,39)/t26-/m0/s1. The van der Waals surface area contributed by atoms with Crippen LogP contribution in [0.15, 0.2) is 83.9 Å². The summed E-state index contributed by atoms with van der Waals surface area (Å²) in [4.78, 5) is 15.9. The van der Waals surface area contributed by atoms with Gasteiger partial charge in [-0.15, -0.1) is 0 Å². The van der Waals surface area contributed by atoms with E-state index in [1.54, 1.807) is 17.0 Å². The van der Waals surface area contributed by atoms with E-state index < -0.39 is 40.5 Å². The van der Waals surface area contributed by atoms with Crippen LogP contribution in [0.3, 0.4) is 0 Å². The molecule has 4 aromatic rings. The maximum atomic E-state index is 13.5. The Balaban J connectivity index is 1.18. The van der Waals surface area contributed by atoms with Gasteiger partial charge in [-0.2, -0.15) is 18.3 Å². The van der Waals surface area contributed by atoms with E-state index in [1.165, 1.54) is 36.5 Å². The molecule has 0 amide bonds. The quantitative estimate of drug-likeness (QED) is 0.263. The number of alkyl halides is 3. The lowest BCUT2D eigenvalue weighted by Gasteiger charge is -2.37. The number of sulfonamides is 1. The monoisotopic (exact) mass is 617 g/mol. The second-order valence-corrected chi connectivity index (χ2v) is 11.9. The minimum absolute atomic E-state index is 0.136. The van der Waals surface area contributed by atoms with Gasteiger partial charge in [0, 0.05) is 51.0 Å². The summed E-state index contributed by atoms with van der Waals surface area (Å²) in [6, 6.07) is 18.7. The molecule has 0 saturated carbocycles. The number of carboxylic acid groups (broad SMARTS) is 1. The lowest BCUT2D eigenvalue weighted by atomic mass is 10.1. The second-order valence-electron chi connectivity index (χ2n) is 10.1. The Bertz CT molecular complexity index is 1660. The molecule has 3 heterocycles. The van der Waals surface area contributed by atoms with E-state index in [4.69, 9.17) is 4.74 Å². The highest BCUT2D eigenvalue weighted by molar-refractivity contribution is 7.89. The Morgan fingerprint density at radius 1 is 0.977 bits per heavy atom. The molecule has 43 heavy (non-hydrogen) atoms. The van der Waals surface area contributed by atoms with Gasteiger partial charge in [0.15, 0.2) is 5.69 Å². The average molecular weight is 618 g/mol. The molecular weight excluding hydrogens is 587 g/mol. The zero-order valence-corrected chi connectivity index (χ0v) is 23.8. The van der Waals surface area contributed by atoms with Crippen LogP contribution in [0.25, 0.3) is 5.52 Å². The predicted octanol–water partition coefficient (Wildman–Crippen LogP) is 3.48. The molecule has 2 aromatic carbocycles. The second kappa shape index (κ2) is 12.7. The van der Waals surface area contributed by atoms with Crippen molar-refractivity contribution in [2.24, 2.45) is 0 Å². The van der Waals surface area contributed by atoms with Gasteiger partial charge in [-0.3, -0.25) is 14.6 Å². The third-order valence-corrected chi connectivity index (χ3v) is 8.72. The molecule has 1 atom stereocenters. The van der Waals surface area contributed by atoms with Gasteiger partial charge in [0.25, 0.3) is 0 Å². The van der Waals surface area contributed by atoms with E-state index in [9.17, 15) is 31.5 Å². The number of fused-ring (bicyclic) bond motifs is 1. The molecule has 2 aromatic heterocycles. The SMILES string of the molecule is O=C(O)[C@H](CNS(=O)(=O)c1ccc(OCc2c(C(F)(F)F)nn3ccccc23)cc1)N1CCN(Cc2ccccc2)CC1. The van der Waals surface area contributed by atoms with Crippen LogP contribution in [0, 0.1) is 0 Å². The van der Waals surface area contributed by atoms with Crippen molar-refractivity contribution in [2.45, 2.75) is 30.3 Å². The molecule has 1 fully saturated rings. The number of aromatic nitrogens is 2. The Kier molecular flexibility index (Phi) is 9.01. The Hall–Kier alpha value is -3.98. The Morgan fingerprint density at radius 2 is 1.65 bits per heavy atom. The van der Waals surface area contributed by atoms with Crippen LogP contribution in [0.4, 0.5) is 13.2 Å². The number of halogens is 3. The molecule has 228 valence electrons. The number of rotatable bonds is 11. The molecule has 0 bridgehead atoms. The lowest BCUT2D eigenvalue weighted by Crippen LogP contribution is -2.55.